The van der Waals surface area contributed by atoms with Crippen LogP contribution in [0.1, 0.15) is 23.6 Å². The van der Waals surface area contributed by atoms with Gasteiger partial charge in [-0.05, 0) is 18.6 Å². The van der Waals surface area contributed by atoms with Crippen LogP contribution in [0.25, 0.3) is 11.3 Å². The number of cyclic esters (lactones) is 1. The third-order valence-electron chi connectivity index (χ3n) is 5.03. The molecule has 0 fully saturated rings. The minimum atomic E-state index is -1.14. The van der Waals surface area contributed by atoms with Crippen molar-refractivity contribution < 1.29 is 14.6 Å². The Labute approximate surface area is 174 Å². The molecule has 1 aliphatic rings. The molecule has 0 saturated heterocycles. The number of hydrogen-bond donors (Lipinski definition) is 1. The van der Waals surface area contributed by atoms with E-state index in [1.165, 1.54) is 11.8 Å². The lowest BCUT2D eigenvalue weighted by molar-refractivity contribution is -0.142. The van der Waals surface area contributed by atoms with E-state index < -0.39 is 16.8 Å². The van der Waals surface area contributed by atoms with Crippen molar-refractivity contribution in [1.82, 2.24) is 4.98 Å². The summed E-state index contributed by atoms with van der Waals surface area (Å²) in [6.07, 6.45) is 2.32. The van der Waals surface area contributed by atoms with Gasteiger partial charge < -0.3 is 9.84 Å². The lowest BCUT2D eigenvalue weighted by Crippen LogP contribution is -2.48. The molecule has 0 saturated carbocycles. The summed E-state index contributed by atoms with van der Waals surface area (Å²) in [6.45, 7) is 1.74. The Morgan fingerprint density at radius 1 is 1.00 bits per heavy atom. The molecule has 2 aromatic carbocycles. The number of aromatic nitrogens is 1. The van der Waals surface area contributed by atoms with Crippen LogP contribution in [0.4, 0.5) is 0 Å². The summed E-state index contributed by atoms with van der Waals surface area (Å²) in [5.41, 5.74) is 3.14. The van der Waals surface area contributed by atoms with Crippen LogP contribution in [0.3, 0.4) is 0 Å². The summed E-state index contributed by atoms with van der Waals surface area (Å²) in [5.74, 6) is 0.524. The molecule has 1 aromatic heterocycles. The summed E-state index contributed by atoms with van der Waals surface area (Å²) in [5, 5.41) is 11.4. The van der Waals surface area contributed by atoms with Gasteiger partial charge in [-0.1, -0.05) is 66.7 Å². The normalized spacial score (nSPS) is 21.7. The molecule has 2 atom stereocenters. The van der Waals surface area contributed by atoms with Gasteiger partial charge in [-0.3, -0.25) is 9.78 Å². The van der Waals surface area contributed by atoms with Crippen molar-refractivity contribution in [2.75, 3.05) is 0 Å². The fourth-order valence-corrected chi connectivity index (χ4v) is 4.41. The smallest absolute Gasteiger partial charge is 0.330 e. The second-order valence-corrected chi connectivity index (χ2v) is 8.45. The van der Waals surface area contributed by atoms with Crippen LogP contribution in [-0.4, -0.2) is 26.9 Å². The largest absolute Gasteiger partial charge is 0.424 e. The average molecular weight is 404 g/mol. The molecule has 0 aliphatic carbocycles. The number of aliphatic hydroxyl groups is 1. The van der Waals surface area contributed by atoms with E-state index in [4.69, 9.17) is 4.74 Å². The van der Waals surface area contributed by atoms with Crippen molar-refractivity contribution in [3.63, 3.8) is 0 Å². The summed E-state index contributed by atoms with van der Waals surface area (Å²) in [6, 6.07) is 22.9. The Balaban J connectivity index is 1.76. The quantitative estimate of drug-likeness (QED) is 0.633. The number of benzene rings is 2. The molecule has 0 amide bonds. The minimum Gasteiger partial charge on any atom is -0.424 e. The molecule has 2 unspecified atom stereocenters. The van der Waals surface area contributed by atoms with Gasteiger partial charge >= 0.3 is 5.97 Å². The molecule has 1 N–H and O–H groups in total. The molecule has 1 aliphatic heterocycles. The summed E-state index contributed by atoms with van der Waals surface area (Å²) in [4.78, 5) is 17.2. The molecule has 2 heterocycles. The van der Waals surface area contributed by atoms with E-state index in [1.807, 2.05) is 72.8 Å². The standard InChI is InChI=1S/C24H21NO3S/c1-24(29-16-17-9-4-2-5-10-17)22(26)20(19-13-8-14-25-15-19)21(28-23(24)27)18-11-6-3-7-12-18/h2-15,22,26H,16H2,1H3. The Bertz CT molecular complexity index is 1020. The van der Waals surface area contributed by atoms with E-state index in [0.29, 0.717) is 17.1 Å². The van der Waals surface area contributed by atoms with E-state index in [-0.39, 0.29) is 0 Å². The highest BCUT2D eigenvalue weighted by Crippen LogP contribution is 2.46. The highest BCUT2D eigenvalue weighted by Gasteiger charge is 2.50. The SMILES string of the molecule is CC1(SCc2ccccc2)C(=O)OC(c2ccccc2)=C(c2cccnc2)C1O. The van der Waals surface area contributed by atoms with E-state index in [2.05, 4.69) is 4.98 Å². The first-order valence-electron chi connectivity index (χ1n) is 9.38. The molecule has 29 heavy (non-hydrogen) atoms. The molecule has 4 nitrogen and oxygen atoms in total. The number of nitrogens with zero attached hydrogens (tertiary/aromatic N) is 1. The van der Waals surface area contributed by atoms with Gasteiger partial charge in [-0.25, -0.2) is 0 Å². The van der Waals surface area contributed by atoms with Gasteiger partial charge in [0.1, 0.15) is 16.6 Å². The van der Waals surface area contributed by atoms with E-state index >= 15 is 0 Å². The van der Waals surface area contributed by atoms with Gasteiger partial charge in [0.15, 0.2) is 0 Å². The first-order chi connectivity index (χ1) is 14.1. The van der Waals surface area contributed by atoms with Crippen LogP contribution in [-0.2, 0) is 15.3 Å². The van der Waals surface area contributed by atoms with Crippen LogP contribution in [0.2, 0.25) is 0 Å². The Kier molecular flexibility index (Phi) is 5.51. The zero-order chi connectivity index (χ0) is 20.3. The predicted octanol–water partition coefficient (Wildman–Crippen LogP) is 4.56. The lowest BCUT2D eigenvalue weighted by atomic mass is 9.87. The van der Waals surface area contributed by atoms with E-state index in [9.17, 15) is 9.90 Å². The number of carbonyl (C=O) groups is 1. The van der Waals surface area contributed by atoms with Crippen molar-refractivity contribution in [2.45, 2.75) is 23.5 Å². The summed E-state index contributed by atoms with van der Waals surface area (Å²) >= 11 is 1.39. The lowest BCUT2D eigenvalue weighted by Gasteiger charge is -2.38. The number of esters is 1. The second kappa shape index (κ2) is 8.23. The highest BCUT2D eigenvalue weighted by atomic mass is 32.2. The van der Waals surface area contributed by atoms with Crippen LogP contribution in [0.5, 0.6) is 0 Å². The summed E-state index contributed by atoms with van der Waals surface area (Å²) in [7, 11) is 0. The monoisotopic (exact) mass is 403 g/mol. The van der Waals surface area contributed by atoms with Gasteiger partial charge in [-0.15, -0.1) is 11.8 Å². The fourth-order valence-electron chi connectivity index (χ4n) is 3.32. The third-order valence-corrected chi connectivity index (χ3v) is 6.50. The molecular formula is C24H21NO3S. The molecule has 0 radical (unpaired) electrons. The number of rotatable bonds is 5. The number of hydrogen-bond acceptors (Lipinski definition) is 5. The van der Waals surface area contributed by atoms with Crippen molar-refractivity contribution >= 4 is 29.1 Å². The number of carbonyl (C=O) groups excluding carboxylic acids is 1. The maximum absolute atomic E-state index is 13.1. The van der Waals surface area contributed by atoms with E-state index in [1.54, 1.807) is 19.3 Å². The maximum atomic E-state index is 13.1. The molecule has 3 aromatic rings. The van der Waals surface area contributed by atoms with Crippen LogP contribution in [0, 0.1) is 0 Å². The molecular weight excluding hydrogens is 382 g/mol. The third kappa shape index (κ3) is 3.84. The zero-order valence-corrected chi connectivity index (χ0v) is 16.8. The fraction of sp³-hybridized carbons (Fsp3) is 0.167. The summed E-state index contributed by atoms with van der Waals surface area (Å²) < 4.78 is 4.71. The highest BCUT2D eigenvalue weighted by molar-refractivity contribution is 8.00. The molecule has 146 valence electrons. The maximum Gasteiger partial charge on any atom is 0.330 e. The average Bonchev–Trinajstić information content (AvgIpc) is 2.78. The molecule has 0 spiro atoms. The number of ether oxygens (including phenoxy) is 1. The number of aliphatic hydroxyl groups excluding tert-OH is 1. The van der Waals surface area contributed by atoms with Gasteiger partial charge in [-0.2, -0.15) is 0 Å². The van der Waals surface area contributed by atoms with Crippen molar-refractivity contribution in [2.24, 2.45) is 0 Å². The van der Waals surface area contributed by atoms with Crippen molar-refractivity contribution in [3.8, 4) is 0 Å². The van der Waals surface area contributed by atoms with Gasteiger partial charge in [0, 0.05) is 34.8 Å². The van der Waals surface area contributed by atoms with E-state index in [0.717, 1.165) is 16.7 Å². The first kappa shape index (κ1) is 19.4. The second-order valence-electron chi connectivity index (χ2n) is 7.02. The van der Waals surface area contributed by atoms with Gasteiger partial charge in [0.2, 0.25) is 0 Å². The topological polar surface area (TPSA) is 59.4 Å². The van der Waals surface area contributed by atoms with Crippen molar-refractivity contribution in [3.05, 3.63) is 102 Å². The van der Waals surface area contributed by atoms with Crippen molar-refractivity contribution in [1.29, 1.82) is 0 Å². The van der Waals surface area contributed by atoms with Crippen LogP contribution < -0.4 is 0 Å². The van der Waals surface area contributed by atoms with Gasteiger partial charge in [0.25, 0.3) is 0 Å². The zero-order valence-electron chi connectivity index (χ0n) is 16.0. The van der Waals surface area contributed by atoms with Crippen LogP contribution in [0.15, 0.2) is 85.2 Å². The minimum absolute atomic E-state index is 0.383. The number of pyridine rings is 1. The first-order valence-corrected chi connectivity index (χ1v) is 10.4. The Morgan fingerprint density at radius 3 is 2.31 bits per heavy atom. The molecule has 0 bridgehead atoms. The number of thioether (sulfide) groups is 1. The Morgan fingerprint density at radius 2 is 1.66 bits per heavy atom. The van der Waals surface area contributed by atoms with Gasteiger partial charge in [0.05, 0.1) is 0 Å². The predicted molar refractivity (Wildman–Crippen MR) is 116 cm³/mol. The van der Waals surface area contributed by atoms with Crippen LogP contribution >= 0.6 is 11.8 Å². The molecule has 4 rings (SSSR count). The molecule has 5 heteroatoms. The Hall–Kier alpha value is -2.89.